The normalized spacial score (nSPS) is 18.8. The molecule has 2 atom stereocenters. The highest BCUT2D eigenvalue weighted by Gasteiger charge is 2.25. The van der Waals surface area contributed by atoms with E-state index < -0.39 is 6.10 Å². The smallest absolute Gasteiger partial charge is 0.317 e. The maximum atomic E-state index is 13.1. The lowest BCUT2D eigenvalue weighted by atomic mass is 10.1. The molecule has 1 aliphatic rings. The molecule has 2 rings (SSSR count). The van der Waals surface area contributed by atoms with Gasteiger partial charge in [-0.3, -0.25) is 0 Å². The van der Waals surface area contributed by atoms with Crippen molar-refractivity contribution in [3.05, 3.63) is 35.1 Å². The van der Waals surface area contributed by atoms with Crippen LogP contribution in [-0.2, 0) is 6.42 Å². The molecule has 2 amide bonds. The van der Waals surface area contributed by atoms with Crippen molar-refractivity contribution in [2.75, 3.05) is 13.6 Å². The van der Waals surface area contributed by atoms with E-state index in [9.17, 15) is 14.3 Å². The topological polar surface area (TPSA) is 52.6 Å². The van der Waals surface area contributed by atoms with Crippen LogP contribution in [0, 0.1) is 5.82 Å². The summed E-state index contributed by atoms with van der Waals surface area (Å²) in [6, 6.07) is 4.39. The number of aliphatic hydroxyl groups excluding tert-OH is 1. The second-order valence-electron chi connectivity index (χ2n) is 5.11. The number of aryl methyl sites for hydroxylation is 1. The summed E-state index contributed by atoms with van der Waals surface area (Å²) in [6.45, 7) is 1.92. The molecule has 0 aliphatic heterocycles. The largest absolute Gasteiger partial charge is 0.392 e. The zero-order valence-corrected chi connectivity index (χ0v) is 11.2. The lowest BCUT2D eigenvalue weighted by Gasteiger charge is -2.22. The number of nitrogens with one attached hydrogen (secondary N) is 1. The van der Waals surface area contributed by atoms with E-state index in [0.717, 1.165) is 24.0 Å². The van der Waals surface area contributed by atoms with Crippen molar-refractivity contribution in [3.63, 3.8) is 0 Å². The van der Waals surface area contributed by atoms with Crippen LogP contribution in [-0.4, -0.2) is 35.7 Å². The molecule has 0 radical (unpaired) electrons. The van der Waals surface area contributed by atoms with Crippen molar-refractivity contribution in [2.24, 2.45) is 0 Å². The molecular weight excluding hydrogens is 247 g/mol. The van der Waals surface area contributed by atoms with Crippen LogP contribution in [0.1, 0.15) is 30.5 Å². The number of likely N-dealkylation sites (N-methyl/N-ethyl adjacent to an activating group) is 1. The third-order valence-corrected chi connectivity index (χ3v) is 3.37. The molecule has 1 aromatic rings. The van der Waals surface area contributed by atoms with Crippen LogP contribution in [0.15, 0.2) is 18.2 Å². The highest BCUT2D eigenvalue weighted by atomic mass is 19.1. The van der Waals surface area contributed by atoms with Gasteiger partial charge in [0.2, 0.25) is 0 Å². The van der Waals surface area contributed by atoms with Crippen LogP contribution in [0.3, 0.4) is 0 Å². The Labute approximate surface area is 112 Å². The monoisotopic (exact) mass is 266 g/mol. The minimum absolute atomic E-state index is 0.0699. The van der Waals surface area contributed by atoms with Crippen molar-refractivity contribution in [1.82, 2.24) is 10.2 Å². The standard InChI is InChI=1S/C14H19FN2O2/c1-9(18)8-17(2)14(19)16-13-6-3-10-7-11(15)4-5-12(10)13/h4-5,7,9,13,18H,3,6,8H2,1-2H3,(H,16,19). The summed E-state index contributed by atoms with van der Waals surface area (Å²) < 4.78 is 13.1. The first-order valence-electron chi connectivity index (χ1n) is 6.45. The molecule has 0 aromatic heterocycles. The van der Waals surface area contributed by atoms with E-state index in [2.05, 4.69) is 5.32 Å². The van der Waals surface area contributed by atoms with E-state index in [4.69, 9.17) is 0 Å². The lowest BCUT2D eigenvalue weighted by Crippen LogP contribution is -2.41. The van der Waals surface area contributed by atoms with E-state index in [1.807, 2.05) is 0 Å². The first kappa shape index (κ1) is 13.8. The quantitative estimate of drug-likeness (QED) is 0.877. The molecule has 0 fully saturated rings. The Morgan fingerprint density at radius 1 is 1.63 bits per heavy atom. The maximum absolute atomic E-state index is 13.1. The van der Waals surface area contributed by atoms with E-state index in [0.29, 0.717) is 0 Å². The molecule has 0 heterocycles. The highest BCUT2D eigenvalue weighted by Crippen LogP contribution is 2.31. The molecule has 2 unspecified atom stereocenters. The third kappa shape index (κ3) is 3.23. The molecule has 19 heavy (non-hydrogen) atoms. The first-order chi connectivity index (χ1) is 8.97. The van der Waals surface area contributed by atoms with Gasteiger partial charge in [-0.1, -0.05) is 6.07 Å². The van der Waals surface area contributed by atoms with E-state index in [1.165, 1.54) is 17.0 Å². The molecule has 1 aliphatic carbocycles. The van der Waals surface area contributed by atoms with Gasteiger partial charge in [0.05, 0.1) is 12.1 Å². The Balaban J connectivity index is 2.01. The van der Waals surface area contributed by atoms with Gasteiger partial charge < -0.3 is 15.3 Å². The molecular formula is C14H19FN2O2. The lowest BCUT2D eigenvalue weighted by molar-refractivity contribution is 0.142. The van der Waals surface area contributed by atoms with Gasteiger partial charge in [-0.05, 0) is 43.0 Å². The van der Waals surface area contributed by atoms with Crippen molar-refractivity contribution in [3.8, 4) is 0 Å². The predicted octanol–water partition coefficient (Wildman–Crippen LogP) is 1.84. The number of hydrogen-bond donors (Lipinski definition) is 2. The van der Waals surface area contributed by atoms with Crippen LogP contribution >= 0.6 is 0 Å². The first-order valence-corrected chi connectivity index (χ1v) is 6.45. The van der Waals surface area contributed by atoms with Gasteiger partial charge in [0.15, 0.2) is 0 Å². The third-order valence-electron chi connectivity index (χ3n) is 3.37. The SMILES string of the molecule is CC(O)CN(C)C(=O)NC1CCc2cc(F)ccc21. The number of nitrogens with zero attached hydrogens (tertiary/aromatic N) is 1. The van der Waals surface area contributed by atoms with Gasteiger partial charge in [0, 0.05) is 13.6 Å². The molecule has 1 aromatic carbocycles. The van der Waals surface area contributed by atoms with Crippen LogP contribution in [0.25, 0.3) is 0 Å². The molecule has 5 heteroatoms. The average Bonchev–Trinajstić information content (AvgIpc) is 2.70. The molecule has 0 saturated carbocycles. The minimum atomic E-state index is -0.555. The van der Waals surface area contributed by atoms with Crippen LogP contribution in [0.4, 0.5) is 9.18 Å². The van der Waals surface area contributed by atoms with Crippen molar-refractivity contribution in [1.29, 1.82) is 0 Å². The fraction of sp³-hybridized carbons (Fsp3) is 0.500. The summed E-state index contributed by atoms with van der Waals surface area (Å²) in [4.78, 5) is 13.4. The number of aliphatic hydroxyl groups is 1. The number of carbonyl (C=O) groups excluding carboxylic acids is 1. The predicted molar refractivity (Wildman–Crippen MR) is 70.3 cm³/mol. The number of carbonyl (C=O) groups is 1. The van der Waals surface area contributed by atoms with Crippen LogP contribution in [0.5, 0.6) is 0 Å². The summed E-state index contributed by atoms with van der Waals surface area (Å²) in [5, 5.41) is 12.2. The van der Waals surface area contributed by atoms with E-state index in [-0.39, 0.29) is 24.4 Å². The van der Waals surface area contributed by atoms with Gasteiger partial charge in [-0.2, -0.15) is 0 Å². The average molecular weight is 266 g/mol. The maximum Gasteiger partial charge on any atom is 0.317 e. The summed E-state index contributed by atoms with van der Waals surface area (Å²) in [6.07, 6.45) is 1.01. The summed E-state index contributed by atoms with van der Waals surface area (Å²) in [5.41, 5.74) is 1.95. The van der Waals surface area contributed by atoms with Crippen molar-refractivity contribution in [2.45, 2.75) is 31.9 Å². The fourth-order valence-electron chi connectivity index (χ4n) is 2.47. The molecule has 0 saturated heterocycles. The van der Waals surface area contributed by atoms with Gasteiger partial charge in [0.1, 0.15) is 5.82 Å². The fourth-order valence-corrected chi connectivity index (χ4v) is 2.47. The minimum Gasteiger partial charge on any atom is -0.392 e. The second kappa shape index (κ2) is 5.57. The molecule has 4 nitrogen and oxygen atoms in total. The van der Waals surface area contributed by atoms with Gasteiger partial charge >= 0.3 is 6.03 Å². The number of rotatable bonds is 3. The van der Waals surface area contributed by atoms with E-state index in [1.54, 1.807) is 20.0 Å². The number of halogens is 1. The van der Waals surface area contributed by atoms with Crippen molar-refractivity contribution >= 4 is 6.03 Å². The molecule has 0 spiro atoms. The number of benzene rings is 1. The number of fused-ring (bicyclic) bond motifs is 1. The Kier molecular flexibility index (Phi) is 4.04. The number of hydrogen-bond acceptors (Lipinski definition) is 2. The molecule has 104 valence electrons. The van der Waals surface area contributed by atoms with Crippen LogP contribution < -0.4 is 5.32 Å². The zero-order valence-electron chi connectivity index (χ0n) is 11.2. The summed E-state index contributed by atoms with van der Waals surface area (Å²) in [7, 11) is 1.64. The Morgan fingerprint density at radius 3 is 3.05 bits per heavy atom. The Morgan fingerprint density at radius 2 is 2.37 bits per heavy atom. The van der Waals surface area contributed by atoms with Crippen LogP contribution in [0.2, 0.25) is 0 Å². The van der Waals surface area contributed by atoms with Gasteiger partial charge in [-0.15, -0.1) is 0 Å². The molecule has 2 N–H and O–H groups in total. The Hall–Kier alpha value is -1.62. The van der Waals surface area contributed by atoms with Crippen molar-refractivity contribution < 1.29 is 14.3 Å². The molecule has 0 bridgehead atoms. The highest BCUT2D eigenvalue weighted by molar-refractivity contribution is 5.74. The number of urea groups is 1. The zero-order chi connectivity index (χ0) is 14.0. The second-order valence-corrected chi connectivity index (χ2v) is 5.11. The summed E-state index contributed by atoms with van der Waals surface area (Å²) >= 11 is 0. The summed E-state index contributed by atoms with van der Waals surface area (Å²) in [5.74, 6) is -0.239. The van der Waals surface area contributed by atoms with Gasteiger partial charge in [0.25, 0.3) is 0 Å². The van der Waals surface area contributed by atoms with Gasteiger partial charge in [-0.25, -0.2) is 9.18 Å². The van der Waals surface area contributed by atoms with E-state index >= 15 is 0 Å². The number of amides is 2. The Bertz CT molecular complexity index is 477.